The van der Waals surface area contributed by atoms with E-state index in [-0.39, 0.29) is 5.91 Å². The van der Waals surface area contributed by atoms with E-state index in [1.54, 1.807) is 19.2 Å². The number of likely N-dealkylation sites (N-methyl/N-ethyl adjacent to an activating group) is 2. The number of amides is 1. The molecule has 1 aromatic rings. The second-order valence-corrected chi connectivity index (χ2v) is 5.66. The monoisotopic (exact) mass is 291 g/mol. The molecular weight excluding hydrogens is 266 g/mol. The largest absolute Gasteiger partial charge is 0.397 e. The minimum Gasteiger partial charge on any atom is -0.397 e. The Kier molecular flexibility index (Phi) is 5.03. The molecule has 0 aromatic heterocycles. The van der Waals surface area contributed by atoms with Crippen LogP contribution in [0, 0.1) is 0 Å². The highest BCUT2D eigenvalue weighted by Gasteiger charge is 2.21. The highest BCUT2D eigenvalue weighted by molar-refractivity contribution is 5.95. The van der Waals surface area contributed by atoms with Crippen molar-refractivity contribution in [2.45, 2.75) is 6.04 Å². The molecule has 1 amide bonds. The van der Waals surface area contributed by atoms with Gasteiger partial charge in [0.15, 0.2) is 0 Å². The van der Waals surface area contributed by atoms with E-state index in [0.717, 1.165) is 31.9 Å². The Hall–Kier alpha value is -1.79. The molecule has 6 nitrogen and oxygen atoms in total. The summed E-state index contributed by atoms with van der Waals surface area (Å²) in [4.78, 5) is 16.3. The van der Waals surface area contributed by atoms with Gasteiger partial charge in [0.05, 0.1) is 11.4 Å². The number of nitrogens with one attached hydrogen (secondary N) is 2. The Morgan fingerprint density at radius 2 is 2.14 bits per heavy atom. The highest BCUT2D eigenvalue weighted by Crippen LogP contribution is 2.20. The predicted octanol–water partition coefficient (Wildman–Crippen LogP) is 0.286. The molecule has 0 aliphatic carbocycles. The van der Waals surface area contributed by atoms with E-state index >= 15 is 0 Å². The first-order chi connectivity index (χ1) is 10.0. The molecule has 0 saturated carbocycles. The first kappa shape index (κ1) is 15.6. The molecular formula is C15H25N5O. The lowest BCUT2D eigenvalue weighted by molar-refractivity contribution is 0.0963. The maximum Gasteiger partial charge on any atom is 0.251 e. The van der Waals surface area contributed by atoms with Crippen LogP contribution in [0.5, 0.6) is 0 Å². The minimum atomic E-state index is -0.123. The normalized spacial score (nSPS) is 20.2. The molecule has 1 atom stereocenters. The average molecular weight is 291 g/mol. The van der Waals surface area contributed by atoms with Gasteiger partial charge >= 0.3 is 0 Å². The van der Waals surface area contributed by atoms with Crippen LogP contribution in [0.15, 0.2) is 18.2 Å². The number of anilines is 2. The predicted molar refractivity (Wildman–Crippen MR) is 86.6 cm³/mol. The Labute approximate surface area is 126 Å². The van der Waals surface area contributed by atoms with Crippen LogP contribution in [0.4, 0.5) is 11.4 Å². The molecule has 0 radical (unpaired) electrons. The van der Waals surface area contributed by atoms with Crippen molar-refractivity contribution in [3.63, 3.8) is 0 Å². The molecule has 1 aliphatic rings. The van der Waals surface area contributed by atoms with E-state index in [9.17, 15) is 4.79 Å². The van der Waals surface area contributed by atoms with Crippen molar-refractivity contribution in [2.75, 3.05) is 58.4 Å². The second-order valence-electron chi connectivity index (χ2n) is 5.66. The number of carbonyl (C=O) groups excluding carboxylic acids is 1. The fourth-order valence-electron chi connectivity index (χ4n) is 2.56. The molecule has 1 aromatic carbocycles. The van der Waals surface area contributed by atoms with Gasteiger partial charge in [-0.3, -0.25) is 9.69 Å². The van der Waals surface area contributed by atoms with Crippen molar-refractivity contribution in [2.24, 2.45) is 0 Å². The first-order valence-corrected chi connectivity index (χ1v) is 7.25. The molecule has 1 fully saturated rings. The second kappa shape index (κ2) is 6.78. The molecule has 0 spiro atoms. The number of rotatable bonds is 4. The van der Waals surface area contributed by atoms with Crippen molar-refractivity contribution in [3.05, 3.63) is 23.8 Å². The topological polar surface area (TPSA) is 73.6 Å². The summed E-state index contributed by atoms with van der Waals surface area (Å²) < 4.78 is 0. The maximum absolute atomic E-state index is 11.6. The van der Waals surface area contributed by atoms with Gasteiger partial charge in [-0.2, -0.15) is 0 Å². The summed E-state index contributed by atoms with van der Waals surface area (Å²) in [5, 5.41) is 5.99. The van der Waals surface area contributed by atoms with Crippen molar-refractivity contribution in [1.82, 2.24) is 15.1 Å². The van der Waals surface area contributed by atoms with Gasteiger partial charge in [0.25, 0.3) is 5.91 Å². The standard InChI is InChI=1S/C15H25N5O/c1-17-15(21)11-4-5-14(13(16)8-11)18-9-12-10-19(2)6-7-20(12)3/h4-5,8,12,18H,6-7,9-10,16H2,1-3H3,(H,17,21). The number of nitrogens with zero attached hydrogens (tertiary/aromatic N) is 2. The van der Waals surface area contributed by atoms with Gasteiger partial charge in [0.2, 0.25) is 0 Å². The molecule has 1 unspecified atom stereocenters. The van der Waals surface area contributed by atoms with Crippen molar-refractivity contribution >= 4 is 17.3 Å². The summed E-state index contributed by atoms with van der Waals surface area (Å²) in [6.07, 6.45) is 0. The molecule has 21 heavy (non-hydrogen) atoms. The van der Waals surface area contributed by atoms with Crippen LogP contribution in [-0.2, 0) is 0 Å². The van der Waals surface area contributed by atoms with Crippen LogP contribution in [0.25, 0.3) is 0 Å². The minimum absolute atomic E-state index is 0.123. The van der Waals surface area contributed by atoms with Gasteiger partial charge in [-0.25, -0.2) is 0 Å². The van der Waals surface area contributed by atoms with Gasteiger partial charge in [-0.15, -0.1) is 0 Å². The molecule has 116 valence electrons. The van der Waals surface area contributed by atoms with Crippen molar-refractivity contribution in [1.29, 1.82) is 0 Å². The number of nitrogen functional groups attached to an aromatic ring is 1. The molecule has 1 aliphatic heterocycles. The van der Waals surface area contributed by atoms with E-state index in [4.69, 9.17) is 5.73 Å². The summed E-state index contributed by atoms with van der Waals surface area (Å²) in [5.41, 5.74) is 8.08. The molecule has 4 N–H and O–H groups in total. The zero-order chi connectivity index (χ0) is 15.4. The Bertz CT molecular complexity index is 505. The van der Waals surface area contributed by atoms with Crippen molar-refractivity contribution < 1.29 is 4.79 Å². The lowest BCUT2D eigenvalue weighted by atomic mass is 10.1. The molecule has 1 saturated heterocycles. The SMILES string of the molecule is CNC(=O)c1ccc(NCC2CN(C)CCN2C)c(N)c1. The van der Waals surface area contributed by atoms with Gasteiger partial charge in [-0.05, 0) is 32.3 Å². The van der Waals surface area contributed by atoms with Crippen LogP contribution in [0.3, 0.4) is 0 Å². The first-order valence-electron chi connectivity index (χ1n) is 7.25. The molecule has 2 rings (SSSR count). The van der Waals surface area contributed by atoms with E-state index in [2.05, 4.69) is 34.5 Å². The summed E-state index contributed by atoms with van der Waals surface area (Å²) >= 11 is 0. The Balaban J connectivity index is 1.98. The maximum atomic E-state index is 11.6. The third kappa shape index (κ3) is 3.86. The van der Waals surface area contributed by atoms with Crippen LogP contribution < -0.4 is 16.4 Å². The quantitative estimate of drug-likeness (QED) is 0.695. The van der Waals surface area contributed by atoms with Gasteiger partial charge in [-0.1, -0.05) is 0 Å². The van der Waals surface area contributed by atoms with Crippen molar-refractivity contribution in [3.8, 4) is 0 Å². The van der Waals surface area contributed by atoms with E-state index < -0.39 is 0 Å². The van der Waals surface area contributed by atoms with Crippen LogP contribution >= 0.6 is 0 Å². The van der Waals surface area contributed by atoms with Gasteiger partial charge in [0.1, 0.15) is 0 Å². The van der Waals surface area contributed by atoms with E-state index in [1.165, 1.54) is 0 Å². The third-order valence-electron chi connectivity index (χ3n) is 4.05. The third-order valence-corrected chi connectivity index (χ3v) is 4.05. The molecule has 6 heteroatoms. The lowest BCUT2D eigenvalue weighted by Crippen LogP contribution is -2.52. The zero-order valence-electron chi connectivity index (χ0n) is 13.0. The number of hydrogen-bond donors (Lipinski definition) is 3. The molecule has 0 bridgehead atoms. The van der Waals surface area contributed by atoms with Crippen LogP contribution in [0.1, 0.15) is 10.4 Å². The molecule has 1 heterocycles. The Morgan fingerprint density at radius 1 is 1.38 bits per heavy atom. The Morgan fingerprint density at radius 3 is 2.81 bits per heavy atom. The van der Waals surface area contributed by atoms with Crippen LogP contribution in [-0.4, -0.2) is 69.1 Å². The summed E-state index contributed by atoms with van der Waals surface area (Å²) in [5.74, 6) is -0.123. The number of nitrogens with two attached hydrogens (primary N) is 1. The summed E-state index contributed by atoms with van der Waals surface area (Å²) in [7, 11) is 5.91. The van der Waals surface area contributed by atoms with Crippen LogP contribution in [0.2, 0.25) is 0 Å². The van der Waals surface area contributed by atoms with Gasteiger partial charge < -0.3 is 21.3 Å². The smallest absolute Gasteiger partial charge is 0.251 e. The number of hydrogen-bond acceptors (Lipinski definition) is 5. The summed E-state index contributed by atoms with van der Waals surface area (Å²) in [6, 6.07) is 5.82. The van der Waals surface area contributed by atoms with E-state index in [1.807, 2.05) is 6.07 Å². The lowest BCUT2D eigenvalue weighted by Gasteiger charge is -2.38. The number of benzene rings is 1. The van der Waals surface area contributed by atoms with Gasteiger partial charge in [0, 0.05) is 44.8 Å². The fraction of sp³-hybridized carbons (Fsp3) is 0.533. The number of carbonyl (C=O) groups is 1. The summed E-state index contributed by atoms with van der Waals surface area (Å²) in [6.45, 7) is 4.06. The number of piperazine rings is 1. The fourth-order valence-corrected chi connectivity index (χ4v) is 2.56. The van der Waals surface area contributed by atoms with E-state index in [0.29, 0.717) is 17.3 Å². The zero-order valence-corrected chi connectivity index (χ0v) is 13.0. The highest BCUT2D eigenvalue weighted by atomic mass is 16.1. The average Bonchev–Trinajstić information content (AvgIpc) is 2.48.